The van der Waals surface area contributed by atoms with E-state index in [1.807, 2.05) is 37.3 Å². The zero-order valence-electron chi connectivity index (χ0n) is 17.3. The Kier molecular flexibility index (Phi) is 5.10. The van der Waals surface area contributed by atoms with Crippen molar-refractivity contribution in [3.63, 3.8) is 0 Å². The summed E-state index contributed by atoms with van der Waals surface area (Å²) in [4.78, 5) is 55.9. The number of hydrogen-bond acceptors (Lipinski definition) is 6. The third-order valence-electron chi connectivity index (χ3n) is 5.47. The van der Waals surface area contributed by atoms with Crippen LogP contribution < -0.4 is 16.3 Å². The number of hydrazine groups is 1. The van der Waals surface area contributed by atoms with Crippen molar-refractivity contribution in [1.29, 1.82) is 0 Å². The molecule has 2 aromatic heterocycles. The first-order valence-electron chi connectivity index (χ1n) is 9.75. The zero-order chi connectivity index (χ0) is 22.3. The van der Waals surface area contributed by atoms with Crippen molar-refractivity contribution in [2.45, 2.75) is 39.3 Å². The van der Waals surface area contributed by atoms with Gasteiger partial charge in [0.05, 0.1) is 11.7 Å². The molecular formula is C21H21N5O4S. The van der Waals surface area contributed by atoms with E-state index in [0.29, 0.717) is 21.6 Å². The molecule has 3 aromatic rings. The Morgan fingerprint density at radius 2 is 1.94 bits per heavy atom. The number of imide groups is 1. The number of benzene rings is 1. The zero-order valence-corrected chi connectivity index (χ0v) is 18.1. The summed E-state index contributed by atoms with van der Waals surface area (Å²) in [6.45, 7) is 4.83. The fraction of sp³-hybridized carbons (Fsp3) is 0.286. The van der Waals surface area contributed by atoms with E-state index in [1.54, 1.807) is 13.8 Å². The van der Waals surface area contributed by atoms with E-state index in [0.717, 1.165) is 16.0 Å². The van der Waals surface area contributed by atoms with Crippen LogP contribution in [0, 0.1) is 6.92 Å². The quantitative estimate of drug-likeness (QED) is 0.592. The van der Waals surface area contributed by atoms with E-state index < -0.39 is 23.4 Å². The van der Waals surface area contributed by atoms with Crippen LogP contribution in [-0.2, 0) is 16.1 Å². The summed E-state index contributed by atoms with van der Waals surface area (Å²) in [5, 5.41) is 3.66. The number of aryl methyl sites for hydroxylation is 1. The van der Waals surface area contributed by atoms with E-state index >= 15 is 0 Å². The van der Waals surface area contributed by atoms with Gasteiger partial charge < -0.3 is 5.32 Å². The lowest BCUT2D eigenvalue weighted by atomic mass is 10.00. The first-order chi connectivity index (χ1) is 14.7. The molecule has 0 bridgehead atoms. The molecule has 1 atom stereocenters. The maximum atomic E-state index is 13.0. The topological polar surface area (TPSA) is 113 Å². The molecule has 0 unspecified atom stereocenters. The van der Waals surface area contributed by atoms with Gasteiger partial charge >= 0.3 is 6.03 Å². The van der Waals surface area contributed by atoms with Gasteiger partial charge in [0, 0.05) is 4.88 Å². The van der Waals surface area contributed by atoms with Crippen molar-refractivity contribution < 1.29 is 14.4 Å². The van der Waals surface area contributed by atoms with E-state index in [9.17, 15) is 19.2 Å². The van der Waals surface area contributed by atoms with Crippen LogP contribution in [0.1, 0.15) is 25.8 Å². The molecule has 0 radical (unpaired) electrons. The number of amides is 4. The predicted molar refractivity (Wildman–Crippen MR) is 116 cm³/mol. The highest BCUT2D eigenvalue weighted by Gasteiger charge is 2.47. The lowest BCUT2D eigenvalue weighted by molar-refractivity contribution is -0.139. The van der Waals surface area contributed by atoms with Crippen molar-refractivity contribution >= 4 is 39.4 Å². The molecule has 31 heavy (non-hydrogen) atoms. The largest absolute Gasteiger partial charge is 0.344 e. The maximum absolute atomic E-state index is 13.0. The van der Waals surface area contributed by atoms with Crippen LogP contribution in [0.15, 0.2) is 41.5 Å². The normalized spacial score (nSPS) is 18.5. The van der Waals surface area contributed by atoms with Crippen molar-refractivity contribution in [2.24, 2.45) is 0 Å². The third-order valence-corrected chi connectivity index (χ3v) is 6.72. The molecule has 0 saturated carbocycles. The number of carbonyl (C=O) groups is 3. The van der Waals surface area contributed by atoms with E-state index in [1.165, 1.54) is 22.2 Å². The Bertz CT molecular complexity index is 1270. The summed E-state index contributed by atoms with van der Waals surface area (Å²) in [5.74, 6) is -1.22. The smallest absolute Gasteiger partial charge is 0.322 e. The van der Waals surface area contributed by atoms with Crippen LogP contribution in [0.2, 0.25) is 0 Å². The van der Waals surface area contributed by atoms with Gasteiger partial charge in [-0.05, 0) is 31.4 Å². The van der Waals surface area contributed by atoms with Gasteiger partial charge in [-0.3, -0.25) is 24.4 Å². The lowest BCUT2D eigenvalue weighted by Crippen LogP contribution is -2.49. The fourth-order valence-electron chi connectivity index (χ4n) is 3.48. The summed E-state index contributed by atoms with van der Waals surface area (Å²) in [5.41, 5.74) is 2.65. The summed E-state index contributed by atoms with van der Waals surface area (Å²) >= 11 is 1.42. The number of urea groups is 1. The standard InChI is InChI=1S/C21H21N5O4S/c1-4-21(3)19(29)26(20(30)23-21)24-14(27)10-25-11-22-17-15(18(25)28)12(2)16(31-17)13-8-6-5-7-9-13/h5-9,11H,4,10H2,1-3H3,(H,23,30)(H,24,27)/t21-/m1/s1. The Hall–Kier alpha value is -3.53. The van der Waals surface area contributed by atoms with Crippen molar-refractivity contribution in [1.82, 2.24) is 25.3 Å². The fourth-order valence-corrected chi connectivity index (χ4v) is 4.62. The van der Waals surface area contributed by atoms with Crippen molar-refractivity contribution in [3.8, 4) is 10.4 Å². The minimum absolute atomic E-state index is 0.355. The second kappa shape index (κ2) is 7.62. The Labute approximate surface area is 181 Å². The van der Waals surface area contributed by atoms with Gasteiger partial charge in [0.15, 0.2) is 0 Å². The minimum Gasteiger partial charge on any atom is -0.322 e. The molecule has 10 heteroatoms. The Morgan fingerprint density at radius 1 is 1.23 bits per heavy atom. The van der Waals surface area contributed by atoms with Crippen LogP contribution in [0.3, 0.4) is 0 Å². The number of thiophene rings is 1. The number of carbonyl (C=O) groups excluding carboxylic acids is 3. The number of fused-ring (bicyclic) bond motifs is 1. The Morgan fingerprint density at radius 3 is 2.58 bits per heavy atom. The van der Waals surface area contributed by atoms with E-state index in [-0.39, 0.29) is 12.1 Å². The summed E-state index contributed by atoms with van der Waals surface area (Å²) < 4.78 is 1.17. The number of aromatic nitrogens is 2. The van der Waals surface area contributed by atoms with Crippen molar-refractivity contribution in [3.05, 3.63) is 52.6 Å². The van der Waals surface area contributed by atoms with Gasteiger partial charge in [-0.2, -0.15) is 5.01 Å². The molecule has 1 saturated heterocycles. The summed E-state index contributed by atoms with van der Waals surface area (Å²) in [6, 6.07) is 9.00. The summed E-state index contributed by atoms with van der Waals surface area (Å²) in [7, 11) is 0. The molecule has 4 amide bonds. The second-order valence-electron chi connectivity index (χ2n) is 7.57. The van der Waals surface area contributed by atoms with Crippen molar-refractivity contribution in [2.75, 3.05) is 0 Å². The number of nitrogens with zero attached hydrogens (tertiary/aromatic N) is 3. The lowest BCUT2D eigenvalue weighted by Gasteiger charge is -2.19. The number of hydrogen-bond donors (Lipinski definition) is 2. The highest BCUT2D eigenvalue weighted by molar-refractivity contribution is 7.22. The average molecular weight is 439 g/mol. The SMILES string of the molecule is CC[C@@]1(C)NC(=O)N(NC(=O)Cn2cnc3sc(-c4ccccc4)c(C)c3c2=O)C1=O. The number of nitrogens with one attached hydrogen (secondary N) is 2. The molecule has 1 fully saturated rings. The second-order valence-corrected chi connectivity index (χ2v) is 8.57. The van der Waals surface area contributed by atoms with Gasteiger partial charge in [-0.15, -0.1) is 11.3 Å². The maximum Gasteiger partial charge on any atom is 0.344 e. The van der Waals surface area contributed by atoms with Gasteiger partial charge in [0.2, 0.25) is 0 Å². The number of rotatable bonds is 5. The molecule has 1 aromatic carbocycles. The van der Waals surface area contributed by atoms with Crippen LogP contribution >= 0.6 is 11.3 Å². The molecular weight excluding hydrogens is 418 g/mol. The first kappa shape index (κ1) is 20.7. The minimum atomic E-state index is -1.07. The molecule has 3 heterocycles. The van der Waals surface area contributed by atoms with E-state index in [2.05, 4.69) is 15.7 Å². The van der Waals surface area contributed by atoms with Crippen LogP contribution in [0.25, 0.3) is 20.7 Å². The molecule has 0 aliphatic carbocycles. The van der Waals surface area contributed by atoms with Crippen LogP contribution in [-0.4, -0.2) is 37.9 Å². The Balaban J connectivity index is 1.59. The summed E-state index contributed by atoms with van der Waals surface area (Å²) in [6.07, 6.45) is 1.68. The molecule has 1 aliphatic heterocycles. The van der Waals surface area contributed by atoms with Gasteiger partial charge in [0.25, 0.3) is 17.4 Å². The molecule has 2 N–H and O–H groups in total. The monoisotopic (exact) mass is 439 g/mol. The highest BCUT2D eigenvalue weighted by atomic mass is 32.1. The molecule has 1 aliphatic rings. The highest BCUT2D eigenvalue weighted by Crippen LogP contribution is 2.35. The third kappa shape index (κ3) is 3.48. The first-order valence-corrected chi connectivity index (χ1v) is 10.6. The molecule has 4 rings (SSSR count). The van der Waals surface area contributed by atoms with Gasteiger partial charge in [-0.25, -0.2) is 9.78 Å². The van der Waals surface area contributed by atoms with Crippen LogP contribution in [0.5, 0.6) is 0 Å². The van der Waals surface area contributed by atoms with Gasteiger partial charge in [0.1, 0.15) is 16.9 Å². The predicted octanol–water partition coefficient (Wildman–Crippen LogP) is 2.19. The molecule has 160 valence electrons. The molecule has 9 nitrogen and oxygen atoms in total. The van der Waals surface area contributed by atoms with Crippen LogP contribution in [0.4, 0.5) is 4.79 Å². The average Bonchev–Trinajstić information content (AvgIpc) is 3.20. The van der Waals surface area contributed by atoms with E-state index in [4.69, 9.17) is 0 Å². The van der Waals surface area contributed by atoms with Gasteiger partial charge in [-0.1, -0.05) is 37.3 Å². The molecule has 0 spiro atoms.